The Morgan fingerprint density at radius 3 is 3.20 bits per heavy atom. The number of thiazole rings is 1. The molecular formula is C18H22FN3O2S. The standard InChI is InChI=1S/C18H22FN3O2S/c1-13-4-3-7-22(9-13)10-15-12-25-18(20-15)21-17(23)11-24-16-6-2-5-14(19)8-16/h2,5-6,8,12-13H,3-4,7,9-11H2,1H3,(H,20,21,23). The van der Waals surface area contributed by atoms with E-state index in [0.717, 1.165) is 31.2 Å². The van der Waals surface area contributed by atoms with E-state index in [1.54, 1.807) is 6.07 Å². The molecule has 1 amide bonds. The molecule has 1 aromatic carbocycles. The number of anilines is 1. The summed E-state index contributed by atoms with van der Waals surface area (Å²) in [6.07, 6.45) is 2.52. The molecule has 7 heteroatoms. The largest absolute Gasteiger partial charge is 0.484 e. The van der Waals surface area contributed by atoms with Crippen LogP contribution >= 0.6 is 11.3 Å². The lowest BCUT2D eigenvalue weighted by Crippen LogP contribution is -2.33. The lowest BCUT2D eigenvalue weighted by atomic mass is 10.0. The highest BCUT2D eigenvalue weighted by Crippen LogP contribution is 2.21. The third-order valence-electron chi connectivity index (χ3n) is 4.09. The van der Waals surface area contributed by atoms with Crippen molar-refractivity contribution in [2.24, 2.45) is 5.92 Å². The highest BCUT2D eigenvalue weighted by molar-refractivity contribution is 7.13. The minimum atomic E-state index is -0.394. The van der Waals surface area contributed by atoms with Gasteiger partial charge in [0, 0.05) is 24.5 Å². The molecule has 0 bridgehead atoms. The normalized spacial score (nSPS) is 18.1. The maximum absolute atomic E-state index is 13.1. The smallest absolute Gasteiger partial charge is 0.264 e. The molecule has 0 aliphatic carbocycles. The Kier molecular flexibility index (Phi) is 5.99. The van der Waals surface area contributed by atoms with Crippen molar-refractivity contribution >= 4 is 22.4 Å². The summed E-state index contributed by atoms with van der Waals surface area (Å²) in [4.78, 5) is 18.8. The maximum atomic E-state index is 13.1. The third-order valence-corrected chi connectivity index (χ3v) is 4.90. The van der Waals surface area contributed by atoms with Gasteiger partial charge in [-0.25, -0.2) is 9.37 Å². The van der Waals surface area contributed by atoms with E-state index in [2.05, 4.69) is 22.1 Å². The summed E-state index contributed by atoms with van der Waals surface area (Å²) < 4.78 is 18.3. The van der Waals surface area contributed by atoms with Gasteiger partial charge in [-0.05, 0) is 37.4 Å². The van der Waals surface area contributed by atoms with Crippen molar-refractivity contribution in [3.05, 3.63) is 41.2 Å². The minimum absolute atomic E-state index is 0.179. The Morgan fingerprint density at radius 1 is 1.52 bits per heavy atom. The first-order valence-corrected chi connectivity index (χ1v) is 9.31. The predicted molar refractivity (Wildman–Crippen MR) is 96.3 cm³/mol. The molecular weight excluding hydrogens is 341 g/mol. The van der Waals surface area contributed by atoms with Crippen LogP contribution < -0.4 is 10.1 Å². The van der Waals surface area contributed by atoms with Crippen LogP contribution in [0.5, 0.6) is 5.75 Å². The van der Waals surface area contributed by atoms with Gasteiger partial charge >= 0.3 is 0 Å². The van der Waals surface area contributed by atoms with Crippen molar-refractivity contribution < 1.29 is 13.9 Å². The fourth-order valence-corrected chi connectivity index (χ4v) is 3.68. The second-order valence-corrected chi connectivity index (χ2v) is 7.28. The molecule has 3 rings (SSSR count). The molecule has 1 fully saturated rings. The summed E-state index contributed by atoms with van der Waals surface area (Å²) in [5.74, 6) is 0.354. The van der Waals surface area contributed by atoms with Gasteiger partial charge < -0.3 is 4.74 Å². The van der Waals surface area contributed by atoms with Gasteiger partial charge in [-0.3, -0.25) is 15.0 Å². The van der Waals surface area contributed by atoms with Gasteiger partial charge in [-0.1, -0.05) is 13.0 Å². The van der Waals surface area contributed by atoms with Gasteiger partial charge in [-0.2, -0.15) is 0 Å². The minimum Gasteiger partial charge on any atom is -0.484 e. The second kappa shape index (κ2) is 8.40. The Hall–Kier alpha value is -1.99. The third kappa shape index (κ3) is 5.51. The van der Waals surface area contributed by atoms with Gasteiger partial charge in [0.05, 0.1) is 5.69 Å². The Bertz CT molecular complexity index is 722. The maximum Gasteiger partial charge on any atom is 0.264 e. The SMILES string of the molecule is CC1CCCN(Cc2csc(NC(=O)COc3cccc(F)c3)n2)C1. The zero-order chi connectivity index (χ0) is 17.6. The highest BCUT2D eigenvalue weighted by Gasteiger charge is 2.17. The lowest BCUT2D eigenvalue weighted by Gasteiger charge is -2.30. The number of rotatable bonds is 6. The number of aromatic nitrogens is 1. The Morgan fingerprint density at radius 2 is 2.40 bits per heavy atom. The van der Waals surface area contributed by atoms with E-state index in [-0.39, 0.29) is 12.5 Å². The number of nitrogens with one attached hydrogen (secondary N) is 1. The molecule has 1 aliphatic heterocycles. The molecule has 1 atom stereocenters. The molecule has 1 unspecified atom stereocenters. The molecule has 2 aromatic rings. The lowest BCUT2D eigenvalue weighted by molar-refractivity contribution is -0.118. The molecule has 0 spiro atoms. The highest BCUT2D eigenvalue weighted by atomic mass is 32.1. The summed E-state index contributed by atoms with van der Waals surface area (Å²) in [6.45, 7) is 5.11. The van der Waals surface area contributed by atoms with E-state index in [4.69, 9.17) is 4.74 Å². The number of carbonyl (C=O) groups excluding carboxylic acids is 1. The van der Waals surface area contributed by atoms with E-state index in [0.29, 0.717) is 10.9 Å². The molecule has 0 saturated carbocycles. The summed E-state index contributed by atoms with van der Waals surface area (Å²) >= 11 is 1.41. The van der Waals surface area contributed by atoms with E-state index in [9.17, 15) is 9.18 Å². The van der Waals surface area contributed by atoms with Gasteiger partial charge in [0.2, 0.25) is 0 Å². The van der Waals surface area contributed by atoms with Crippen LogP contribution in [-0.2, 0) is 11.3 Å². The predicted octanol–water partition coefficient (Wildman–Crippen LogP) is 3.53. The number of amides is 1. The molecule has 2 heterocycles. The molecule has 25 heavy (non-hydrogen) atoms. The summed E-state index contributed by atoms with van der Waals surface area (Å²) in [5.41, 5.74) is 0.973. The van der Waals surface area contributed by atoms with Crippen molar-refractivity contribution in [2.75, 3.05) is 25.0 Å². The monoisotopic (exact) mass is 363 g/mol. The summed E-state index contributed by atoms with van der Waals surface area (Å²) in [7, 11) is 0. The fraction of sp³-hybridized carbons (Fsp3) is 0.444. The van der Waals surface area contributed by atoms with Crippen LogP contribution in [0.25, 0.3) is 0 Å². The van der Waals surface area contributed by atoms with Crippen LogP contribution in [0.15, 0.2) is 29.6 Å². The Balaban J connectivity index is 1.46. The van der Waals surface area contributed by atoms with Crippen LogP contribution in [-0.4, -0.2) is 35.5 Å². The first kappa shape index (κ1) is 17.8. The van der Waals surface area contributed by atoms with Crippen molar-refractivity contribution in [1.29, 1.82) is 0 Å². The van der Waals surface area contributed by atoms with Crippen LogP contribution in [0.2, 0.25) is 0 Å². The number of likely N-dealkylation sites (tertiary alicyclic amines) is 1. The topological polar surface area (TPSA) is 54.5 Å². The van der Waals surface area contributed by atoms with Crippen molar-refractivity contribution in [1.82, 2.24) is 9.88 Å². The number of nitrogens with zero attached hydrogens (tertiary/aromatic N) is 2. The zero-order valence-corrected chi connectivity index (χ0v) is 15.0. The molecule has 1 aliphatic rings. The van der Waals surface area contributed by atoms with Gasteiger partial charge in [-0.15, -0.1) is 11.3 Å². The number of hydrogen-bond acceptors (Lipinski definition) is 5. The second-order valence-electron chi connectivity index (χ2n) is 6.42. The number of piperidine rings is 1. The van der Waals surface area contributed by atoms with Crippen molar-refractivity contribution in [3.63, 3.8) is 0 Å². The summed E-state index contributed by atoms with van der Waals surface area (Å²) in [6, 6.07) is 5.72. The molecule has 1 aromatic heterocycles. The van der Waals surface area contributed by atoms with Gasteiger partial charge in [0.1, 0.15) is 11.6 Å². The van der Waals surface area contributed by atoms with Gasteiger partial charge in [0.25, 0.3) is 5.91 Å². The first-order valence-electron chi connectivity index (χ1n) is 8.43. The summed E-state index contributed by atoms with van der Waals surface area (Å²) in [5, 5.41) is 5.26. The molecule has 0 radical (unpaired) electrons. The average molecular weight is 363 g/mol. The van der Waals surface area contributed by atoms with Crippen LogP contribution in [0.1, 0.15) is 25.5 Å². The van der Waals surface area contributed by atoms with E-state index >= 15 is 0 Å². The van der Waals surface area contributed by atoms with Crippen LogP contribution in [0.3, 0.4) is 0 Å². The van der Waals surface area contributed by atoms with Crippen molar-refractivity contribution in [3.8, 4) is 5.75 Å². The number of halogens is 1. The molecule has 134 valence electrons. The fourth-order valence-electron chi connectivity index (χ4n) is 2.96. The van der Waals surface area contributed by atoms with E-state index in [1.807, 2.05) is 5.38 Å². The molecule has 5 nitrogen and oxygen atoms in total. The quantitative estimate of drug-likeness (QED) is 0.853. The van der Waals surface area contributed by atoms with Crippen LogP contribution in [0.4, 0.5) is 9.52 Å². The molecule has 1 N–H and O–H groups in total. The first-order chi connectivity index (χ1) is 12.1. The average Bonchev–Trinajstić information content (AvgIpc) is 3.00. The number of carbonyl (C=O) groups is 1. The number of hydrogen-bond donors (Lipinski definition) is 1. The zero-order valence-electron chi connectivity index (χ0n) is 14.2. The van der Waals surface area contributed by atoms with E-state index < -0.39 is 5.82 Å². The Labute approximate surface area is 150 Å². The molecule has 1 saturated heterocycles. The number of benzene rings is 1. The van der Waals surface area contributed by atoms with Crippen LogP contribution in [0, 0.1) is 11.7 Å². The van der Waals surface area contributed by atoms with Crippen molar-refractivity contribution in [2.45, 2.75) is 26.3 Å². The van der Waals surface area contributed by atoms with E-state index in [1.165, 1.54) is 42.4 Å². The number of ether oxygens (including phenoxy) is 1. The van der Waals surface area contributed by atoms with Gasteiger partial charge in [0.15, 0.2) is 11.7 Å².